The number of nitrogens with one attached hydrogen (secondary N) is 2. The highest BCUT2D eigenvalue weighted by Crippen LogP contribution is 2.04. The number of rotatable bonds is 11. The zero-order valence-electron chi connectivity index (χ0n) is 15.3. The van der Waals surface area contributed by atoms with Crippen molar-refractivity contribution in [2.75, 3.05) is 6.54 Å². The van der Waals surface area contributed by atoms with Crippen LogP contribution in [-0.4, -0.2) is 29.8 Å². The zero-order valence-corrected chi connectivity index (χ0v) is 15.3. The lowest BCUT2D eigenvalue weighted by molar-refractivity contribution is -0.139. The first kappa shape index (κ1) is 20.5. The maximum atomic E-state index is 11.8. The number of carboxylic acids is 1. The molecule has 0 fully saturated rings. The quantitative estimate of drug-likeness (QED) is 0.528. The molecule has 0 heterocycles. The minimum Gasteiger partial charge on any atom is -0.480 e. The van der Waals surface area contributed by atoms with Crippen LogP contribution in [0.25, 0.3) is 0 Å². The summed E-state index contributed by atoms with van der Waals surface area (Å²) in [5, 5.41) is 15.0. The molecule has 0 aliphatic rings. The van der Waals surface area contributed by atoms with Crippen molar-refractivity contribution in [3.63, 3.8) is 0 Å². The summed E-state index contributed by atoms with van der Waals surface area (Å²) in [6.45, 7) is 1.69. The van der Waals surface area contributed by atoms with Crippen molar-refractivity contribution in [1.29, 1.82) is 0 Å². The Kier molecular flexibility index (Phi) is 8.86. The second-order valence-corrected chi connectivity index (χ2v) is 6.26. The van der Waals surface area contributed by atoms with E-state index < -0.39 is 18.1 Å². The van der Waals surface area contributed by atoms with E-state index >= 15 is 0 Å². The fraction of sp³-hybridized carbons (Fsp3) is 0.333. The number of ether oxygens (including phenoxy) is 1. The van der Waals surface area contributed by atoms with Gasteiger partial charge in [0.15, 0.2) is 0 Å². The highest BCUT2D eigenvalue weighted by atomic mass is 16.5. The molecule has 0 saturated heterocycles. The monoisotopic (exact) mass is 370 g/mol. The van der Waals surface area contributed by atoms with E-state index in [1.54, 1.807) is 0 Å². The molecule has 2 rings (SSSR count). The van der Waals surface area contributed by atoms with Crippen molar-refractivity contribution in [3.05, 3.63) is 71.8 Å². The molecular formula is C21H26N2O4. The Bertz CT molecular complexity index is 692. The number of aliphatic carboxylic acids is 1. The van der Waals surface area contributed by atoms with Crippen LogP contribution in [0.3, 0.4) is 0 Å². The summed E-state index contributed by atoms with van der Waals surface area (Å²) in [5.41, 5.74) is 2.06. The Morgan fingerprint density at radius 1 is 0.926 bits per heavy atom. The van der Waals surface area contributed by atoms with Crippen molar-refractivity contribution >= 4 is 12.1 Å². The van der Waals surface area contributed by atoms with Gasteiger partial charge in [-0.25, -0.2) is 9.59 Å². The third kappa shape index (κ3) is 8.37. The number of alkyl carbamates (subject to hydrolysis) is 1. The van der Waals surface area contributed by atoms with E-state index in [-0.39, 0.29) is 6.61 Å². The van der Waals surface area contributed by atoms with E-state index in [0.717, 1.165) is 25.1 Å². The number of benzene rings is 2. The van der Waals surface area contributed by atoms with E-state index in [0.29, 0.717) is 12.8 Å². The highest BCUT2D eigenvalue weighted by Gasteiger charge is 2.20. The molecule has 0 aliphatic carbocycles. The van der Waals surface area contributed by atoms with Crippen LogP contribution in [0.2, 0.25) is 0 Å². The van der Waals surface area contributed by atoms with Crippen molar-refractivity contribution in [3.8, 4) is 0 Å². The van der Waals surface area contributed by atoms with Crippen LogP contribution in [0.1, 0.15) is 30.4 Å². The molecule has 0 unspecified atom stereocenters. The maximum absolute atomic E-state index is 11.8. The molecule has 0 aliphatic heterocycles. The lowest BCUT2D eigenvalue weighted by Gasteiger charge is -2.14. The third-order valence-corrected chi connectivity index (χ3v) is 4.07. The van der Waals surface area contributed by atoms with Crippen LogP contribution in [0.5, 0.6) is 0 Å². The van der Waals surface area contributed by atoms with E-state index in [4.69, 9.17) is 4.74 Å². The molecule has 6 nitrogen and oxygen atoms in total. The van der Waals surface area contributed by atoms with Crippen LogP contribution in [0.15, 0.2) is 60.7 Å². The SMILES string of the molecule is O=C(N[C@@H](CCCCNCc1ccccc1)C(=O)O)OCc1ccccc1. The average Bonchev–Trinajstić information content (AvgIpc) is 2.69. The van der Waals surface area contributed by atoms with Gasteiger partial charge >= 0.3 is 12.1 Å². The first-order chi connectivity index (χ1) is 13.1. The molecule has 144 valence electrons. The van der Waals surface area contributed by atoms with Gasteiger partial charge in [0.1, 0.15) is 12.6 Å². The van der Waals surface area contributed by atoms with Crippen LogP contribution in [0, 0.1) is 0 Å². The van der Waals surface area contributed by atoms with E-state index in [2.05, 4.69) is 22.8 Å². The second kappa shape index (κ2) is 11.7. The summed E-state index contributed by atoms with van der Waals surface area (Å²) in [5.74, 6) is -1.05. The lowest BCUT2D eigenvalue weighted by atomic mass is 10.1. The number of hydrogen-bond acceptors (Lipinski definition) is 4. The summed E-state index contributed by atoms with van der Waals surface area (Å²) < 4.78 is 5.08. The third-order valence-electron chi connectivity index (χ3n) is 4.07. The standard InChI is InChI=1S/C21H26N2O4/c24-20(25)19(23-21(26)27-16-18-11-5-2-6-12-18)13-7-8-14-22-15-17-9-3-1-4-10-17/h1-6,9-12,19,22H,7-8,13-16H2,(H,23,26)(H,24,25)/t19-/m0/s1. The number of unbranched alkanes of at least 4 members (excludes halogenated alkanes) is 1. The Morgan fingerprint density at radius 3 is 2.19 bits per heavy atom. The fourth-order valence-electron chi connectivity index (χ4n) is 2.59. The van der Waals surface area contributed by atoms with Crippen molar-refractivity contribution < 1.29 is 19.4 Å². The molecule has 2 aromatic rings. The predicted octanol–water partition coefficient (Wildman–Crippen LogP) is 3.33. The molecule has 1 amide bonds. The van der Waals surface area contributed by atoms with Gasteiger partial charge in [-0.2, -0.15) is 0 Å². The number of amides is 1. The van der Waals surface area contributed by atoms with Crippen molar-refractivity contribution in [2.45, 2.75) is 38.5 Å². The Balaban J connectivity index is 1.61. The number of carboxylic acid groups (broad SMARTS) is 1. The largest absolute Gasteiger partial charge is 0.480 e. The Labute approximate surface area is 159 Å². The van der Waals surface area contributed by atoms with Gasteiger partial charge in [0.25, 0.3) is 0 Å². The minimum atomic E-state index is -1.05. The van der Waals surface area contributed by atoms with Crippen molar-refractivity contribution in [1.82, 2.24) is 10.6 Å². The fourth-order valence-corrected chi connectivity index (χ4v) is 2.59. The normalized spacial score (nSPS) is 11.6. The van der Waals surface area contributed by atoms with Crippen LogP contribution in [0.4, 0.5) is 4.79 Å². The topological polar surface area (TPSA) is 87.7 Å². The molecule has 0 bridgehead atoms. The second-order valence-electron chi connectivity index (χ2n) is 6.26. The minimum absolute atomic E-state index is 0.114. The first-order valence-corrected chi connectivity index (χ1v) is 9.10. The van der Waals surface area contributed by atoms with Gasteiger partial charge in [0.05, 0.1) is 0 Å². The van der Waals surface area contributed by atoms with E-state index in [1.165, 1.54) is 5.56 Å². The van der Waals surface area contributed by atoms with Crippen LogP contribution >= 0.6 is 0 Å². The highest BCUT2D eigenvalue weighted by molar-refractivity contribution is 5.79. The molecular weight excluding hydrogens is 344 g/mol. The Hall–Kier alpha value is -2.86. The first-order valence-electron chi connectivity index (χ1n) is 9.10. The summed E-state index contributed by atoms with van der Waals surface area (Å²) in [6, 6.07) is 18.4. The summed E-state index contributed by atoms with van der Waals surface area (Å²) >= 11 is 0. The molecule has 27 heavy (non-hydrogen) atoms. The molecule has 2 aromatic carbocycles. The predicted molar refractivity (Wildman–Crippen MR) is 103 cm³/mol. The summed E-state index contributed by atoms with van der Waals surface area (Å²) in [6.07, 6.45) is 1.17. The maximum Gasteiger partial charge on any atom is 0.408 e. The molecule has 1 atom stereocenters. The van der Waals surface area contributed by atoms with Gasteiger partial charge < -0.3 is 20.5 Å². The lowest BCUT2D eigenvalue weighted by Crippen LogP contribution is -2.41. The molecule has 0 spiro atoms. The molecule has 3 N–H and O–H groups in total. The molecule has 0 aromatic heterocycles. The molecule has 0 saturated carbocycles. The number of carbonyl (C=O) groups excluding carboxylic acids is 1. The van der Waals surface area contributed by atoms with Gasteiger partial charge in [-0.15, -0.1) is 0 Å². The molecule has 6 heteroatoms. The summed E-state index contributed by atoms with van der Waals surface area (Å²) in [4.78, 5) is 23.1. The number of hydrogen-bond donors (Lipinski definition) is 3. The zero-order chi connectivity index (χ0) is 19.3. The van der Waals surface area contributed by atoms with E-state index in [9.17, 15) is 14.7 Å². The van der Waals surface area contributed by atoms with Crippen LogP contribution in [-0.2, 0) is 22.7 Å². The van der Waals surface area contributed by atoms with Gasteiger partial charge in [-0.05, 0) is 36.9 Å². The Morgan fingerprint density at radius 2 is 1.56 bits per heavy atom. The molecule has 0 radical (unpaired) electrons. The number of carbonyl (C=O) groups is 2. The average molecular weight is 370 g/mol. The summed E-state index contributed by atoms with van der Waals surface area (Å²) in [7, 11) is 0. The van der Waals surface area contributed by atoms with Gasteiger partial charge in [0, 0.05) is 6.54 Å². The smallest absolute Gasteiger partial charge is 0.408 e. The van der Waals surface area contributed by atoms with Gasteiger partial charge in [0.2, 0.25) is 0 Å². The van der Waals surface area contributed by atoms with Crippen molar-refractivity contribution in [2.24, 2.45) is 0 Å². The van der Waals surface area contributed by atoms with Crippen LogP contribution < -0.4 is 10.6 Å². The van der Waals surface area contributed by atoms with Gasteiger partial charge in [-0.3, -0.25) is 0 Å². The van der Waals surface area contributed by atoms with Gasteiger partial charge in [-0.1, -0.05) is 60.7 Å². The van der Waals surface area contributed by atoms with E-state index in [1.807, 2.05) is 48.5 Å².